The van der Waals surface area contributed by atoms with E-state index in [-0.39, 0.29) is 10.5 Å². The molecular formula is C8H4F2N2OS. The fourth-order valence-electron chi connectivity index (χ4n) is 1.03. The average molecular weight is 214 g/mol. The van der Waals surface area contributed by atoms with Gasteiger partial charge in [-0.05, 0) is 6.07 Å². The van der Waals surface area contributed by atoms with E-state index in [0.29, 0.717) is 4.70 Å². The van der Waals surface area contributed by atoms with Gasteiger partial charge >= 0.3 is 0 Å². The summed E-state index contributed by atoms with van der Waals surface area (Å²) in [5.74, 6) is -2.65. The highest BCUT2D eigenvalue weighted by molar-refractivity contribution is 7.20. The van der Waals surface area contributed by atoms with Gasteiger partial charge in [0, 0.05) is 6.07 Å². The van der Waals surface area contributed by atoms with Crippen molar-refractivity contribution >= 4 is 27.5 Å². The molecule has 0 aliphatic rings. The molecule has 0 fully saturated rings. The predicted octanol–water partition coefficient (Wildman–Crippen LogP) is 1.67. The SMILES string of the molecule is NC(=O)c1nc2cc(F)c(F)cc2s1. The third-order valence-electron chi connectivity index (χ3n) is 1.64. The van der Waals surface area contributed by atoms with Crippen LogP contribution in [0.5, 0.6) is 0 Å². The van der Waals surface area contributed by atoms with E-state index in [1.807, 2.05) is 0 Å². The summed E-state index contributed by atoms with van der Waals surface area (Å²) in [6, 6.07) is 1.93. The van der Waals surface area contributed by atoms with Crippen LogP contribution in [0.4, 0.5) is 8.78 Å². The van der Waals surface area contributed by atoms with Gasteiger partial charge in [-0.25, -0.2) is 13.8 Å². The first-order valence-electron chi connectivity index (χ1n) is 3.63. The van der Waals surface area contributed by atoms with Crippen molar-refractivity contribution in [3.8, 4) is 0 Å². The smallest absolute Gasteiger partial charge is 0.277 e. The van der Waals surface area contributed by atoms with Crippen LogP contribution in [0.25, 0.3) is 10.2 Å². The summed E-state index contributed by atoms with van der Waals surface area (Å²) in [5.41, 5.74) is 5.21. The van der Waals surface area contributed by atoms with E-state index < -0.39 is 17.5 Å². The van der Waals surface area contributed by atoms with E-state index in [9.17, 15) is 13.6 Å². The number of hydrogen-bond acceptors (Lipinski definition) is 3. The second-order valence-corrected chi connectivity index (χ2v) is 3.65. The summed E-state index contributed by atoms with van der Waals surface area (Å²) in [6.45, 7) is 0. The molecule has 72 valence electrons. The molecule has 0 aliphatic heterocycles. The van der Waals surface area contributed by atoms with Crippen molar-refractivity contribution in [1.29, 1.82) is 0 Å². The maximum atomic E-state index is 12.7. The number of aromatic nitrogens is 1. The summed E-state index contributed by atoms with van der Waals surface area (Å²) in [7, 11) is 0. The number of fused-ring (bicyclic) bond motifs is 1. The van der Waals surface area contributed by atoms with Crippen LogP contribution in [0, 0.1) is 11.6 Å². The van der Waals surface area contributed by atoms with Crippen molar-refractivity contribution in [2.24, 2.45) is 5.73 Å². The second-order valence-electron chi connectivity index (χ2n) is 2.62. The van der Waals surface area contributed by atoms with Gasteiger partial charge in [-0.15, -0.1) is 11.3 Å². The van der Waals surface area contributed by atoms with E-state index in [1.165, 1.54) is 0 Å². The molecule has 0 saturated heterocycles. The van der Waals surface area contributed by atoms with Gasteiger partial charge in [0.1, 0.15) is 0 Å². The van der Waals surface area contributed by atoms with Gasteiger partial charge in [-0.3, -0.25) is 4.79 Å². The Labute approximate surface area is 81.2 Å². The van der Waals surface area contributed by atoms with Crippen LogP contribution >= 0.6 is 11.3 Å². The third kappa shape index (κ3) is 1.33. The van der Waals surface area contributed by atoms with E-state index in [0.717, 1.165) is 23.5 Å². The molecule has 1 heterocycles. The second kappa shape index (κ2) is 2.98. The van der Waals surface area contributed by atoms with Crippen molar-refractivity contribution in [2.45, 2.75) is 0 Å². The maximum Gasteiger partial charge on any atom is 0.277 e. The zero-order valence-corrected chi connectivity index (χ0v) is 7.57. The van der Waals surface area contributed by atoms with Crippen LogP contribution in [0.1, 0.15) is 9.80 Å². The zero-order chi connectivity index (χ0) is 10.3. The molecule has 0 bridgehead atoms. The standard InChI is InChI=1S/C8H4F2N2OS/c9-3-1-5-6(2-4(3)10)14-8(12-5)7(11)13/h1-2H,(H2,11,13). The Morgan fingerprint density at radius 3 is 2.64 bits per heavy atom. The molecule has 2 N–H and O–H groups in total. The molecular weight excluding hydrogens is 210 g/mol. The Kier molecular flexibility index (Phi) is 1.92. The molecule has 1 aromatic heterocycles. The minimum absolute atomic E-state index is 0.0463. The molecule has 0 spiro atoms. The number of carbonyl (C=O) groups excluding carboxylic acids is 1. The van der Waals surface area contributed by atoms with Crippen LogP contribution < -0.4 is 5.73 Å². The van der Waals surface area contributed by atoms with Gasteiger partial charge in [0.2, 0.25) is 0 Å². The van der Waals surface area contributed by atoms with Gasteiger partial charge in [0.15, 0.2) is 16.6 Å². The first-order chi connectivity index (χ1) is 6.58. The normalized spacial score (nSPS) is 10.7. The monoisotopic (exact) mass is 214 g/mol. The summed E-state index contributed by atoms with van der Waals surface area (Å²) in [6.07, 6.45) is 0. The molecule has 6 heteroatoms. The van der Waals surface area contributed by atoms with Gasteiger partial charge in [0.05, 0.1) is 10.2 Å². The fourth-order valence-corrected chi connectivity index (χ4v) is 1.85. The molecule has 2 aromatic rings. The molecule has 1 amide bonds. The number of nitrogens with two attached hydrogens (primary N) is 1. The Balaban J connectivity index is 2.72. The summed E-state index contributed by atoms with van der Waals surface area (Å²) in [5, 5.41) is 0.0463. The molecule has 0 atom stereocenters. The minimum Gasteiger partial charge on any atom is -0.364 e. The van der Waals surface area contributed by atoms with Crippen LogP contribution in [0.2, 0.25) is 0 Å². The lowest BCUT2D eigenvalue weighted by Crippen LogP contribution is -2.09. The van der Waals surface area contributed by atoms with Gasteiger partial charge in [0.25, 0.3) is 5.91 Å². The highest BCUT2D eigenvalue weighted by Crippen LogP contribution is 2.24. The van der Waals surface area contributed by atoms with Crippen LogP contribution in [0.3, 0.4) is 0 Å². The van der Waals surface area contributed by atoms with E-state index in [2.05, 4.69) is 4.98 Å². The van der Waals surface area contributed by atoms with Crippen molar-refractivity contribution in [2.75, 3.05) is 0 Å². The minimum atomic E-state index is -0.987. The quantitative estimate of drug-likeness (QED) is 0.785. The van der Waals surface area contributed by atoms with Crippen molar-refractivity contribution in [3.05, 3.63) is 28.8 Å². The molecule has 14 heavy (non-hydrogen) atoms. The first-order valence-corrected chi connectivity index (χ1v) is 4.45. The Hall–Kier alpha value is -1.56. The number of primary amides is 1. The fraction of sp³-hybridized carbons (Fsp3) is 0. The van der Waals surface area contributed by atoms with E-state index in [1.54, 1.807) is 0 Å². The number of thiazole rings is 1. The Bertz CT molecular complexity index is 484. The number of amides is 1. The summed E-state index contributed by atoms with van der Waals surface area (Å²) < 4.78 is 25.9. The highest BCUT2D eigenvalue weighted by Gasteiger charge is 2.11. The van der Waals surface area contributed by atoms with Crippen LogP contribution in [-0.4, -0.2) is 10.9 Å². The zero-order valence-electron chi connectivity index (χ0n) is 6.75. The molecule has 2 rings (SSSR count). The number of benzene rings is 1. The van der Waals surface area contributed by atoms with Gasteiger partial charge in [-0.2, -0.15) is 0 Å². The molecule has 1 aromatic carbocycles. The lowest BCUT2D eigenvalue weighted by Gasteiger charge is -1.90. The van der Waals surface area contributed by atoms with Crippen molar-refractivity contribution in [1.82, 2.24) is 4.98 Å². The summed E-state index contributed by atoms with van der Waals surface area (Å²) in [4.78, 5) is 14.5. The average Bonchev–Trinajstić information content (AvgIpc) is 2.48. The van der Waals surface area contributed by atoms with E-state index in [4.69, 9.17) is 5.73 Å². The largest absolute Gasteiger partial charge is 0.364 e. The molecule has 3 nitrogen and oxygen atoms in total. The van der Waals surface area contributed by atoms with Crippen LogP contribution in [0.15, 0.2) is 12.1 Å². The molecule has 0 aliphatic carbocycles. The number of halogens is 2. The topological polar surface area (TPSA) is 56.0 Å². The molecule has 0 saturated carbocycles. The maximum absolute atomic E-state index is 12.7. The van der Waals surface area contributed by atoms with Gasteiger partial charge in [-0.1, -0.05) is 0 Å². The lowest BCUT2D eigenvalue weighted by molar-refractivity contribution is 0.1000. The number of nitrogens with zero attached hydrogens (tertiary/aromatic N) is 1. The third-order valence-corrected chi connectivity index (χ3v) is 2.67. The molecule has 0 radical (unpaired) electrons. The van der Waals surface area contributed by atoms with Gasteiger partial charge < -0.3 is 5.73 Å². The highest BCUT2D eigenvalue weighted by atomic mass is 32.1. The van der Waals surface area contributed by atoms with Crippen molar-refractivity contribution < 1.29 is 13.6 Å². The van der Waals surface area contributed by atoms with Crippen molar-refractivity contribution in [3.63, 3.8) is 0 Å². The number of rotatable bonds is 1. The number of hydrogen-bond donors (Lipinski definition) is 1. The summed E-state index contributed by atoms with van der Waals surface area (Å²) >= 11 is 0.936. The first kappa shape index (κ1) is 9.01. The lowest BCUT2D eigenvalue weighted by atomic mass is 10.3. The molecule has 0 unspecified atom stereocenters. The predicted molar refractivity (Wildman–Crippen MR) is 48.1 cm³/mol. The van der Waals surface area contributed by atoms with Crippen LogP contribution in [-0.2, 0) is 0 Å². The number of carbonyl (C=O) groups is 1. The Morgan fingerprint density at radius 2 is 2.00 bits per heavy atom. The van der Waals surface area contributed by atoms with E-state index >= 15 is 0 Å². The Morgan fingerprint density at radius 1 is 1.36 bits per heavy atom.